The smallest absolute Gasteiger partial charge is 0.315 e. The van der Waals surface area contributed by atoms with Gasteiger partial charge in [-0.2, -0.15) is 5.10 Å². The van der Waals surface area contributed by atoms with Crippen molar-refractivity contribution < 1.29 is 4.79 Å². The van der Waals surface area contributed by atoms with E-state index in [9.17, 15) is 9.59 Å². The number of carbonyl (C=O) groups excluding carboxylic acids is 1. The maximum absolute atomic E-state index is 12.0. The third kappa shape index (κ3) is 3.27. The summed E-state index contributed by atoms with van der Waals surface area (Å²) in [5, 5.41) is 13.7. The van der Waals surface area contributed by atoms with E-state index in [4.69, 9.17) is 0 Å². The molecule has 116 valence electrons. The van der Waals surface area contributed by atoms with E-state index in [-0.39, 0.29) is 24.2 Å². The van der Waals surface area contributed by atoms with Gasteiger partial charge in [-0.05, 0) is 18.9 Å². The Bertz CT molecular complexity index is 719. The summed E-state index contributed by atoms with van der Waals surface area (Å²) in [4.78, 5) is 23.7. The molecule has 0 atom stereocenters. The molecule has 22 heavy (non-hydrogen) atoms. The molecule has 2 amide bonds. The summed E-state index contributed by atoms with van der Waals surface area (Å²) in [6.07, 6.45) is 5.71. The summed E-state index contributed by atoms with van der Waals surface area (Å²) in [6, 6.07) is 7.35. The minimum atomic E-state index is -0.217. The zero-order valence-corrected chi connectivity index (χ0v) is 12.4. The maximum Gasteiger partial charge on any atom is 0.315 e. The van der Waals surface area contributed by atoms with E-state index in [0.717, 1.165) is 18.2 Å². The molecule has 0 unspecified atom stereocenters. The quantitative estimate of drug-likeness (QED) is 0.811. The first-order valence-corrected chi connectivity index (χ1v) is 7.75. The van der Waals surface area contributed by atoms with Crippen molar-refractivity contribution in [1.29, 1.82) is 0 Å². The molecule has 1 fully saturated rings. The minimum Gasteiger partial charge on any atom is -0.335 e. The van der Waals surface area contributed by atoms with Crippen LogP contribution in [-0.2, 0) is 6.54 Å². The number of fused-ring (bicyclic) bond motifs is 1. The Labute approximate surface area is 128 Å². The molecule has 3 N–H and O–H groups in total. The molecule has 0 saturated heterocycles. The van der Waals surface area contributed by atoms with Gasteiger partial charge in [0.2, 0.25) is 0 Å². The summed E-state index contributed by atoms with van der Waals surface area (Å²) < 4.78 is 0. The summed E-state index contributed by atoms with van der Waals surface area (Å²) in [5.74, 6) is 0. The standard InChI is InChI=1S/C16H20N4O2/c21-15-13-9-5-4-8-12(13)14(19-20-15)10-17-16(22)18-11-6-2-1-3-7-11/h4-5,8-9,11H,1-3,6-7,10H2,(H,20,21)(H2,17,18,22). The predicted molar refractivity (Wildman–Crippen MR) is 84.6 cm³/mol. The van der Waals surface area contributed by atoms with Crippen LogP contribution in [0.2, 0.25) is 0 Å². The van der Waals surface area contributed by atoms with Gasteiger partial charge in [-0.25, -0.2) is 9.89 Å². The Hall–Kier alpha value is -2.37. The molecule has 1 saturated carbocycles. The topological polar surface area (TPSA) is 86.9 Å². The number of urea groups is 1. The zero-order valence-electron chi connectivity index (χ0n) is 12.4. The maximum atomic E-state index is 12.0. The number of rotatable bonds is 3. The highest BCUT2D eigenvalue weighted by Gasteiger charge is 2.15. The highest BCUT2D eigenvalue weighted by Crippen LogP contribution is 2.17. The molecule has 2 aromatic rings. The number of nitrogens with zero attached hydrogens (tertiary/aromatic N) is 1. The van der Waals surface area contributed by atoms with Gasteiger partial charge in [-0.3, -0.25) is 4.79 Å². The van der Waals surface area contributed by atoms with E-state index in [2.05, 4.69) is 20.8 Å². The lowest BCUT2D eigenvalue weighted by Crippen LogP contribution is -2.42. The lowest BCUT2D eigenvalue weighted by molar-refractivity contribution is 0.232. The molecule has 1 aromatic carbocycles. The fraction of sp³-hybridized carbons (Fsp3) is 0.438. The molecule has 6 nitrogen and oxygen atoms in total. The summed E-state index contributed by atoms with van der Waals surface area (Å²) in [5.41, 5.74) is 0.444. The molecule has 1 aliphatic rings. The van der Waals surface area contributed by atoms with E-state index in [0.29, 0.717) is 11.1 Å². The van der Waals surface area contributed by atoms with Crippen molar-refractivity contribution >= 4 is 16.8 Å². The molecule has 0 aliphatic heterocycles. The van der Waals surface area contributed by atoms with Gasteiger partial charge in [-0.1, -0.05) is 37.5 Å². The lowest BCUT2D eigenvalue weighted by atomic mass is 9.96. The second-order valence-corrected chi connectivity index (χ2v) is 5.71. The highest BCUT2D eigenvalue weighted by molar-refractivity contribution is 5.83. The van der Waals surface area contributed by atoms with Crippen molar-refractivity contribution in [3.63, 3.8) is 0 Å². The van der Waals surface area contributed by atoms with Crippen LogP contribution in [0.25, 0.3) is 10.8 Å². The van der Waals surface area contributed by atoms with Gasteiger partial charge in [0.1, 0.15) is 0 Å². The lowest BCUT2D eigenvalue weighted by Gasteiger charge is -2.22. The average Bonchev–Trinajstić information content (AvgIpc) is 2.55. The SMILES string of the molecule is O=C(NCc1n[nH]c(=O)c2ccccc12)NC1CCCCC1. The van der Waals surface area contributed by atoms with Crippen LogP contribution in [0.4, 0.5) is 4.79 Å². The minimum absolute atomic E-state index is 0.177. The Balaban J connectivity index is 1.65. The van der Waals surface area contributed by atoms with Crippen molar-refractivity contribution in [3.8, 4) is 0 Å². The number of aromatic amines is 1. The number of hydrogen-bond acceptors (Lipinski definition) is 3. The Morgan fingerprint density at radius 3 is 2.68 bits per heavy atom. The summed E-state index contributed by atoms with van der Waals surface area (Å²) in [6.45, 7) is 0.288. The monoisotopic (exact) mass is 300 g/mol. The van der Waals surface area contributed by atoms with E-state index in [1.807, 2.05) is 18.2 Å². The fourth-order valence-corrected chi connectivity index (χ4v) is 2.95. The van der Waals surface area contributed by atoms with Crippen LogP contribution in [0.1, 0.15) is 37.8 Å². The Morgan fingerprint density at radius 1 is 1.18 bits per heavy atom. The van der Waals surface area contributed by atoms with Crippen LogP contribution in [0.3, 0.4) is 0 Å². The van der Waals surface area contributed by atoms with Crippen LogP contribution in [0.5, 0.6) is 0 Å². The molecular formula is C16H20N4O2. The van der Waals surface area contributed by atoms with Crippen LogP contribution >= 0.6 is 0 Å². The Morgan fingerprint density at radius 2 is 1.91 bits per heavy atom. The number of benzene rings is 1. The van der Waals surface area contributed by atoms with Gasteiger partial charge >= 0.3 is 6.03 Å². The third-order valence-corrected chi connectivity index (χ3v) is 4.13. The van der Waals surface area contributed by atoms with Gasteiger partial charge in [0, 0.05) is 11.4 Å². The number of carbonyl (C=O) groups is 1. The molecule has 0 spiro atoms. The molecule has 6 heteroatoms. The van der Waals surface area contributed by atoms with Gasteiger partial charge < -0.3 is 10.6 Å². The van der Waals surface area contributed by atoms with E-state index in [1.165, 1.54) is 19.3 Å². The second-order valence-electron chi connectivity index (χ2n) is 5.71. The number of hydrogen-bond donors (Lipinski definition) is 3. The van der Waals surface area contributed by atoms with Crippen molar-refractivity contribution in [1.82, 2.24) is 20.8 Å². The molecule has 0 radical (unpaired) electrons. The number of amides is 2. The normalized spacial score (nSPS) is 15.6. The number of H-pyrrole nitrogens is 1. The Kier molecular flexibility index (Phi) is 4.37. The highest BCUT2D eigenvalue weighted by atomic mass is 16.2. The van der Waals surface area contributed by atoms with Gasteiger partial charge in [0.25, 0.3) is 5.56 Å². The number of aromatic nitrogens is 2. The van der Waals surface area contributed by atoms with Crippen molar-refractivity contribution in [3.05, 3.63) is 40.3 Å². The first-order valence-electron chi connectivity index (χ1n) is 7.75. The van der Waals surface area contributed by atoms with E-state index < -0.39 is 0 Å². The van der Waals surface area contributed by atoms with E-state index in [1.54, 1.807) is 6.07 Å². The second kappa shape index (κ2) is 6.60. The van der Waals surface area contributed by atoms with Crippen molar-refractivity contribution in [2.75, 3.05) is 0 Å². The zero-order chi connectivity index (χ0) is 15.4. The molecule has 3 rings (SSSR count). The van der Waals surface area contributed by atoms with E-state index >= 15 is 0 Å². The summed E-state index contributed by atoms with van der Waals surface area (Å²) in [7, 11) is 0. The number of nitrogens with one attached hydrogen (secondary N) is 3. The van der Waals surface area contributed by atoms with Gasteiger partial charge in [0.05, 0.1) is 17.6 Å². The summed E-state index contributed by atoms with van der Waals surface area (Å²) >= 11 is 0. The molecular weight excluding hydrogens is 280 g/mol. The van der Waals surface area contributed by atoms with Crippen LogP contribution in [0.15, 0.2) is 29.1 Å². The average molecular weight is 300 g/mol. The largest absolute Gasteiger partial charge is 0.335 e. The van der Waals surface area contributed by atoms with Crippen LogP contribution in [-0.4, -0.2) is 22.3 Å². The first kappa shape index (κ1) is 14.6. The van der Waals surface area contributed by atoms with Crippen molar-refractivity contribution in [2.45, 2.75) is 44.7 Å². The third-order valence-electron chi connectivity index (χ3n) is 4.13. The van der Waals surface area contributed by atoms with Gasteiger partial charge in [-0.15, -0.1) is 0 Å². The molecule has 1 heterocycles. The first-order chi connectivity index (χ1) is 10.7. The van der Waals surface area contributed by atoms with Crippen LogP contribution in [0, 0.1) is 0 Å². The fourth-order valence-electron chi connectivity index (χ4n) is 2.95. The van der Waals surface area contributed by atoms with Gasteiger partial charge in [0.15, 0.2) is 0 Å². The van der Waals surface area contributed by atoms with Crippen LogP contribution < -0.4 is 16.2 Å². The molecule has 0 bridgehead atoms. The van der Waals surface area contributed by atoms with Crippen molar-refractivity contribution in [2.24, 2.45) is 0 Å². The predicted octanol–water partition coefficient (Wildman–Crippen LogP) is 2.05. The molecule has 1 aromatic heterocycles. The molecule has 1 aliphatic carbocycles.